The van der Waals surface area contributed by atoms with Gasteiger partial charge in [-0.15, -0.1) is 0 Å². The topological polar surface area (TPSA) is 26.0 Å². The fourth-order valence-corrected chi connectivity index (χ4v) is 3.78. The van der Waals surface area contributed by atoms with Gasteiger partial charge in [0, 0.05) is 15.6 Å². The summed E-state index contributed by atoms with van der Waals surface area (Å²) < 4.78 is 0. The average Bonchev–Trinajstić information content (AvgIpc) is 2.22. The van der Waals surface area contributed by atoms with Gasteiger partial charge in [-0.05, 0) is 48.8 Å². The zero-order chi connectivity index (χ0) is 13.4. The summed E-state index contributed by atoms with van der Waals surface area (Å²) in [7, 11) is 0. The molecule has 1 saturated carbocycles. The maximum Gasteiger partial charge on any atom is 0.0453 e. The highest BCUT2D eigenvalue weighted by molar-refractivity contribution is 6.36. The summed E-state index contributed by atoms with van der Waals surface area (Å²) in [6, 6.07) is 5.66. The van der Waals surface area contributed by atoms with Crippen molar-refractivity contribution in [2.24, 2.45) is 11.1 Å². The number of benzene rings is 1. The van der Waals surface area contributed by atoms with E-state index in [0.717, 1.165) is 34.9 Å². The predicted octanol–water partition coefficient (Wildman–Crippen LogP) is 4.83. The molecule has 1 aliphatic rings. The van der Waals surface area contributed by atoms with Crippen molar-refractivity contribution in [2.45, 2.75) is 51.5 Å². The van der Waals surface area contributed by atoms with Gasteiger partial charge in [-0.25, -0.2) is 0 Å². The summed E-state index contributed by atoms with van der Waals surface area (Å²) in [5, 5.41) is 1.46. The Morgan fingerprint density at radius 2 is 1.78 bits per heavy atom. The fraction of sp³-hybridized carbons (Fsp3) is 0.600. The molecule has 18 heavy (non-hydrogen) atoms. The highest BCUT2D eigenvalue weighted by Crippen LogP contribution is 2.42. The van der Waals surface area contributed by atoms with Gasteiger partial charge in [0.15, 0.2) is 0 Å². The normalized spacial score (nSPS) is 27.2. The van der Waals surface area contributed by atoms with Crippen LogP contribution in [0.15, 0.2) is 18.2 Å². The van der Waals surface area contributed by atoms with Crippen molar-refractivity contribution in [2.75, 3.05) is 0 Å². The third-order valence-electron chi connectivity index (χ3n) is 3.95. The molecule has 0 radical (unpaired) electrons. The molecule has 100 valence electrons. The quantitative estimate of drug-likeness (QED) is 0.827. The van der Waals surface area contributed by atoms with Gasteiger partial charge in [0.2, 0.25) is 0 Å². The van der Waals surface area contributed by atoms with Crippen LogP contribution < -0.4 is 5.73 Å². The standard InChI is InChI=1S/C15H21Cl2N/c1-14(2)7-4-8-15(18,10-14)9-11-12(16)5-3-6-13(11)17/h3,5-6H,4,7-10,18H2,1-2H3. The molecule has 0 saturated heterocycles. The lowest BCUT2D eigenvalue weighted by molar-refractivity contribution is 0.151. The smallest absolute Gasteiger partial charge is 0.0453 e. The highest BCUT2D eigenvalue weighted by Gasteiger charge is 2.37. The molecule has 1 aliphatic carbocycles. The van der Waals surface area contributed by atoms with Gasteiger partial charge >= 0.3 is 0 Å². The Hall–Kier alpha value is -0.240. The van der Waals surface area contributed by atoms with Crippen molar-refractivity contribution in [3.8, 4) is 0 Å². The van der Waals surface area contributed by atoms with Crippen LogP contribution in [0, 0.1) is 5.41 Å². The second-order valence-electron chi connectivity index (χ2n) is 6.43. The van der Waals surface area contributed by atoms with Crippen LogP contribution >= 0.6 is 23.2 Å². The molecule has 0 aromatic heterocycles. The summed E-state index contributed by atoms with van der Waals surface area (Å²) >= 11 is 12.5. The summed E-state index contributed by atoms with van der Waals surface area (Å²) in [6.45, 7) is 4.59. The molecule has 0 heterocycles. The molecule has 1 atom stereocenters. The molecule has 0 aliphatic heterocycles. The van der Waals surface area contributed by atoms with Gasteiger partial charge < -0.3 is 5.73 Å². The van der Waals surface area contributed by atoms with Crippen LogP contribution in [-0.4, -0.2) is 5.54 Å². The number of rotatable bonds is 2. The predicted molar refractivity (Wildman–Crippen MR) is 79.3 cm³/mol. The Kier molecular flexibility index (Phi) is 3.96. The second kappa shape index (κ2) is 5.03. The molecule has 1 unspecified atom stereocenters. The van der Waals surface area contributed by atoms with Gasteiger partial charge in [0.05, 0.1) is 0 Å². The van der Waals surface area contributed by atoms with E-state index < -0.39 is 0 Å². The van der Waals surface area contributed by atoms with Crippen LogP contribution in [0.2, 0.25) is 10.0 Å². The molecule has 0 spiro atoms. The summed E-state index contributed by atoms with van der Waals surface area (Å²) in [6.07, 6.45) is 5.29. The molecule has 2 N–H and O–H groups in total. The van der Waals surface area contributed by atoms with E-state index in [0.29, 0.717) is 5.41 Å². The summed E-state index contributed by atoms with van der Waals surface area (Å²) in [4.78, 5) is 0. The maximum atomic E-state index is 6.59. The zero-order valence-electron chi connectivity index (χ0n) is 11.1. The SMILES string of the molecule is CC1(C)CCCC(N)(Cc2c(Cl)cccc2Cl)C1. The Bertz CT molecular complexity index is 422. The number of halogens is 2. The van der Waals surface area contributed by atoms with Crippen LogP contribution in [0.1, 0.15) is 45.1 Å². The minimum atomic E-state index is -0.170. The lowest BCUT2D eigenvalue weighted by Gasteiger charge is -2.43. The molecular formula is C15H21Cl2N. The van der Waals surface area contributed by atoms with Gasteiger partial charge in [0.1, 0.15) is 0 Å². The van der Waals surface area contributed by atoms with Crippen LogP contribution in [0.5, 0.6) is 0 Å². The minimum absolute atomic E-state index is 0.170. The van der Waals surface area contributed by atoms with Crippen molar-refractivity contribution >= 4 is 23.2 Å². The van der Waals surface area contributed by atoms with E-state index in [2.05, 4.69) is 13.8 Å². The van der Waals surface area contributed by atoms with E-state index in [-0.39, 0.29) is 5.54 Å². The van der Waals surface area contributed by atoms with Crippen LogP contribution in [0.25, 0.3) is 0 Å². The van der Waals surface area contributed by atoms with Crippen molar-refractivity contribution < 1.29 is 0 Å². The Balaban J connectivity index is 2.22. The molecule has 2 rings (SSSR count). The number of hydrogen-bond donors (Lipinski definition) is 1. The first kappa shape index (κ1) is 14.2. The Labute approximate surface area is 120 Å². The van der Waals surface area contributed by atoms with E-state index in [9.17, 15) is 0 Å². The van der Waals surface area contributed by atoms with E-state index in [1.807, 2.05) is 18.2 Å². The van der Waals surface area contributed by atoms with Crippen molar-refractivity contribution in [3.05, 3.63) is 33.8 Å². The zero-order valence-corrected chi connectivity index (χ0v) is 12.6. The monoisotopic (exact) mass is 285 g/mol. The highest BCUT2D eigenvalue weighted by atomic mass is 35.5. The maximum absolute atomic E-state index is 6.59. The molecule has 1 aromatic rings. The van der Waals surface area contributed by atoms with Gasteiger partial charge in [-0.3, -0.25) is 0 Å². The molecular weight excluding hydrogens is 265 g/mol. The minimum Gasteiger partial charge on any atom is -0.325 e. The largest absolute Gasteiger partial charge is 0.325 e. The molecule has 3 heteroatoms. The van der Waals surface area contributed by atoms with E-state index in [4.69, 9.17) is 28.9 Å². The first-order valence-electron chi connectivity index (χ1n) is 6.53. The third-order valence-corrected chi connectivity index (χ3v) is 4.66. The van der Waals surface area contributed by atoms with Crippen LogP contribution in [-0.2, 0) is 6.42 Å². The Morgan fingerprint density at radius 1 is 1.17 bits per heavy atom. The summed E-state index contributed by atoms with van der Waals surface area (Å²) in [5.41, 5.74) is 7.74. The number of nitrogens with two attached hydrogens (primary N) is 1. The van der Waals surface area contributed by atoms with Crippen LogP contribution in [0.4, 0.5) is 0 Å². The van der Waals surface area contributed by atoms with E-state index in [1.165, 1.54) is 12.8 Å². The van der Waals surface area contributed by atoms with Crippen molar-refractivity contribution in [1.29, 1.82) is 0 Å². The molecule has 0 bridgehead atoms. The molecule has 0 amide bonds. The summed E-state index contributed by atoms with van der Waals surface area (Å²) in [5.74, 6) is 0. The van der Waals surface area contributed by atoms with Crippen LogP contribution in [0.3, 0.4) is 0 Å². The fourth-order valence-electron chi connectivity index (χ4n) is 3.25. The lowest BCUT2D eigenvalue weighted by Crippen LogP contribution is -2.48. The Morgan fingerprint density at radius 3 is 2.33 bits per heavy atom. The molecule has 1 nitrogen and oxygen atoms in total. The van der Waals surface area contributed by atoms with Gasteiger partial charge in [-0.2, -0.15) is 0 Å². The third kappa shape index (κ3) is 3.20. The molecule has 1 fully saturated rings. The second-order valence-corrected chi connectivity index (χ2v) is 7.25. The number of hydrogen-bond acceptors (Lipinski definition) is 1. The first-order valence-corrected chi connectivity index (χ1v) is 7.29. The average molecular weight is 286 g/mol. The van der Waals surface area contributed by atoms with E-state index in [1.54, 1.807) is 0 Å². The van der Waals surface area contributed by atoms with Gasteiger partial charge in [-0.1, -0.05) is 49.5 Å². The van der Waals surface area contributed by atoms with Gasteiger partial charge in [0.25, 0.3) is 0 Å². The lowest BCUT2D eigenvalue weighted by atomic mass is 9.66. The van der Waals surface area contributed by atoms with E-state index >= 15 is 0 Å². The first-order chi connectivity index (χ1) is 8.31. The van der Waals surface area contributed by atoms with Crippen molar-refractivity contribution in [1.82, 2.24) is 0 Å². The molecule has 1 aromatic carbocycles. The van der Waals surface area contributed by atoms with Crippen molar-refractivity contribution in [3.63, 3.8) is 0 Å².